The zero-order valence-corrected chi connectivity index (χ0v) is 24.3. The van der Waals surface area contributed by atoms with Crippen molar-refractivity contribution < 1.29 is 18.0 Å². The molecule has 0 fully saturated rings. The van der Waals surface area contributed by atoms with E-state index in [-0.39, 0.29) is 30.8 Å². The number of rotatable bonds is 13. The first-order valence-corrected chi connectivity index (χ1v) is 15.0. The van der Waals surface area contributed by atoms with E-state index in [2.05, 4.69) is 5.32 Å². The summed E-state index contributed by atoms with van der Waals surface area (Å²) in [5.74, 6) is -0.364. The fraction of sp³-hybridized carbons (Fsp3) is 0.500. The van der Waals surface area contributed by atoms with Gasteiger partial charge in [-0.1, -0.05) is 55.8 Å². The largest absolute Gasteiger partial charge is 0.352 e. The Hall–Kier alpha value is -2.58. The molecule has 9 heteroatoms. The minimum Gasteiger partial charge on any atom is -0.352 e. The first-order valence-electron chi connectivity index (χ1n) is 12.8. The number of amides is 2. The molecule has 0 saturated carbocycles. The summed E-state index contributed by atoms with van der Waals surface area (Å²) in [5.41, 5.74) is 3.28. The average molecular weight is 550 g/mol. The van der Waals surface area contributed by atoms with Crippen molar-refractivity contribution in [2.75, 3.05) is 17.1 Å². The molecule has 204 valence electrons. The molecule has 0 unspecified atom stereocenters. The van der Waals surface area contributed by atoms with E-state index in [9.17, 15) is 18.0 Å². The first kappa shape index (κ1) is 30.6. The van der Waals surface area contributed by atoms with Crippen LogP contribution in [0.5, 0.6) is 0 Å². The van der Waals surface area contributed by atoms with E-state index in [0.29, 0.717) is 30.1 Å². The average Bonchev–Trinajstić information content (AvgIpc) is 2.83. The number of benzene rings is 2. The van der Waals surface area contributed by atoms with E-state index >= 15 is 0 Å². The molecule has 0 saturated heterocycles. The Morgan fingerprint density at radius 3 is 2.30 bits per heavy atom. The lowest BCUT2D eigenvalue weighted by molar-refractivity contribution is -0.141. The first-order chi connectivity index (χ1) is 17.4. The molecule has 37 heavy (non-hydrogen) atoms. The van der Waals surface area contributed by atoms with Crippen molar-refractivity contribution in [1.29, 1.82) is 0 Å². The van der Waals surface area contributed by atoms with Gasteiger partial charge in [0.25, 0.3) is 0 Å². The smallest absolute Gasteiger partial charge is 0.243 e. The predicted molar refractivity (Wildman–Crippen MR) is 151 cm³/mol. The Bertz CT molecular complexity index is 1190. The van der Waals surface area contributed by atoms with Crippen LogP contribution < -0.4 is 9.62 Å². The molecule has 2 atom stereocenters. The molecular formula is C28H40ClN3O4S. The molecule has 7 nitrogen and oxygen atoms in total. The third-order valence-corrected chi connectivity index (χ3v) is 8.00. The maximum Gasteiger partial charge on any atom is 0.243 e. The zero-order chi connectivity index (χ0) is 27.8. The molecule has 0 bridgehead atoms. The van der Waals surface area contributed by atoms with Gasteiger partial charge in [0.2, 0.25) is 21.8 Å². The van der Waals surface area contributed by atoms with Crippen LogP contribution in [0.2, 0.25) is 5.02 Å². The standard InChI is InChI=1S/C28H40ClN3O4S/c1-7-22(5)30-28(34)25(8-2)31(19-23-13-10-9-12-20(23)3)27(33)14-11-17-32(37(6,35)36)26-18-24(29)16-15-21(26)4/h9-10,12-13,15-16,18,22,25H,7-8,11,14,17,19H2,1-6H3,(H,30,34)/t22-,25-/m0/s1. The SMILES string of the molecule is CC[C@H](C)NC(=O)[C@H](CC)N(Cc1ccccc1C)C(=O)CCCN(c1cc(Cl)ccc1C)S(C)(=O)=O. The molecule has 0 spiro atoms. The molecule has 0 aliphatic rings. The molecule has 2 aromatic rings. The lowest BCUT2D eigenvalue weighted by atomic mass is 10.0. The van der Waals surface area contributed by atoms with E-state index < -0.39 is 16.1 Å². The van der Waals surface area contributed by atoms with E-state index in [1.54, 1.807) is 23.1 Å². The maximum absolute atomic E-state index is 13.6. The van der Waals surface area contributed by atoms with Gasteiger partial charge in [-0.2, -0.15) is 0 Å². The van der Waals surface area contributed by atoms with Gasteiger partial charge in [-0.05, 0) is 68.9 Å². The van der Waals surface area contributed by atoms with E-state index in [1.165, 1.54) is 4.31 Å². The summed E-state index contributed by atoms with van der Waals surface area (Å²) in [6.07, 6.45) is 2.80. The second-order valence-corrected chi connectivity index (χ2v) is 11.9. The summed E-state index contributed by atoms with van der Waals surface area (Å²) >= 11 is 6.13. The molecule has 2 amide bonds. The van der Waals surface area contributed by atoms with Gasteiger partial charge in [0.1, 0.15) is 6.04 Å². The molecule has 2 rings (SSSR count). The minimum atomic E-state index is -3.59. The van der Waals surface area contributed by atoms with Crippen molar-refractivity contribution >= 4 is 39.1 Å². The van der Waals surface area contributed by atoms with Crippen LogP contribution in [0.15, 0.2) is 42.5 Å². The van der Waals surface area contributed by atoms with Crippen LogP contribution in [0.3, 0.4) is 0 Å². The van der Waals surface area contributed by atoms with Gasteiger partial charge in [-0.3, -0.25) is 13.9 Å². The minimum absolute atomic E-state index is 0.00113. The van der Waals surface area contributed by atoms with E-state index in [4.69, 9.17) is 11.6 Å². The summed E-state index contributed by atoms with van der Waals surface area (Å²) in [6, 6.07) is 12.3. The number of halogens is 1. The molecule has 1 N–H and O–H groups in total. The van der Waals surface area contributed by atoms with Gasteiger partial charge < -0.3 is 10.2 Å². The van der Waals surface area contributed by atoms with Crippen molar-refractivity contribution in [2.24, 2.45) is 0 Å². The van der Waals surface area contributed by atoms with Gasteiger partial charge in [0.05, 0.1) is 11.9 Å². The number of hydrogen-bond donors (Lipinski definition) is 1. The van der Waals surface area contributed by atoms with E-state index in [1.807, 2.05) is 58.9 Å². The van der Waals surface area contributed by atoms with E-state index in [0.717, 1.165) is 29.4 Å². The molecule has 0 radical (unpaired) electrons. The number of carbonyl (C=O) groups is 2. The van der Waals surface area contributed by atoms with Crippen LogP contribution in [0, 0.1) is 13.8 Å². The molecule has 2 aromatic carbocycles. The second-order valence-electron chi connectivity index (χ2n) is 9.56. The van der Waals surface area contributed by atoms with Gasteiger partial charge in [0, 0.05) is 30.6 Å². The third kappa shape index (κ3) is 8.75. The Morgan fingerprint density at radius 1 is 1.03 bits per heavy atom. The highest BCUT2D eigenvalue weighted by molar-refractivity contribution is 7.92. The maximum atomic E-state index is 13.6. The second kappa shape index (κ2) is 13.8. The van der Waals surface area contributed by atoms with Crippen LogP contribution in [0.25, 0.3) is 0 Å². The van der Waals surface area contributed by atoms with Crippen LogP contribution in [0.4, 0.5) is 5.69 Å². The van der Waals surface area contributed by atoms with Crippen molar-refractivity contribution in [1.82, 2.24) is 10.2 Å². The fourth-order valence-electron chi connectivity index (χ4n) is 4.17. The lowest BCUT2D eigenvalue weighted by Gasteiger charge is -2.32. The van der Waals surface area contributed by atoms with Crippen LogP contribution >= 0.6 is 11.6 Å². The van der Waals surface area contributed by atoms with Crippen molar-refractivity contribution in [3.05, 3.63) is 64.2 Å². The molecule has 0 aromatic heterocycles. The number of aryl methyl sites for hydroxylation is 2. The Labute approximate surface area is 227 Å². The molecule has 0 aliphatic carbocycles. The summed E-state index contributed by atoms with van der Waals surface area (Å²) in [7, 11) is -3.59. The van der Waals surface area contributed by atoms with Gasteiger partial charge in [-0.25, -0.2) is 8.42 Å². The number of nitrogens with one attached hydrogen (secondary N) is 1. The highest BCUT2D eigenvalue weighted by Gasteiger charge is 2.29. The molecule has 0 aliphatic heterocycles. The third-order valence-electron chi connectivity index (χ3n) is 6.58. The quantitative estimate of drug-likeness (QED) is 0.371. The number of carbonyl (C=O) groups excluding carboxylic acids is 2. The summed E-state index contributed by atoms with van der Waals surface area (Å²) in [5, 5.41) is 3.45. The number of nitrogens with zero attached hydrogens (tertiary/aromatic N) is 2. The van der Waals surface area contributed by atoms with Gasteiger partial charge in [-0.15, -0.1) is 0 Å². The van der Waals surface area contributed by atoms with Gasteiger partial charge in [0.15, 0.2) is 0 Å². The predicted octanol–water partition coefficient (Wildman–Crippen LogP) is 5.23. The summed E-state index contributed by atoms with van der Waals surface area (Å²) in [6.45, 7) is 10.1. The Balaban J connectivity index is 2.27. The van der Waals surface area contributed by atoms with Crippen molar-refractivity contribution in [3.8, 4) is 0 Å². The van der Waals surface area contributed by atoms with Crippen LogP contribution in [0.1, 0.15) is 63.1 Å². The van der Waals surface area contributed by atoms with Crippen LogP contribution in [-0.2, 0) is 26.2 Å². The molecule has 0 heterocycles. The number of sulfonamides is 1. The monoisotopic (exact) mass is 549 g/mol. The number of hydrogen-bond acceptors (Lipinski definition) is 4. The number of anilines is 1. The van der Waals surface area contributed by atoms with Crippen molar-refractivity contribution in [2.45, 2.75) is 78.9 Å². The summed E-state index contributed by atoms with van der Waals surface area (Å²) in [4.78, 5) is 28.3. The Morgan fingerprint density at radius 2 is 1.70 bits per heavy atom. The van der Waals surface area contributed by atoms with Gasteiger partial charge >= 0.3 is 0 Å². The Kier molecular flexibility index (Phi) is 11.4. The topological polar surface area (TPSA) is 86.8 Å². The van der Waals surface area contributed by atoms with Crippen molar-refractivity contribution in [3.63, 3.8) is 0 Å². The highest BCUT2D eigenvalue weighted by atomic mass is 35.5. The van der Waals surface area contributed by atoms with Crippen LogP contribution in [-0.4, -0.2) is 50.0 Å². The zero-order valence-electron chi connectivity index (χ0n) is 22.8. The fourth-order valence-corrected chi connectivity index (χ4v) is 5.35. The highest BCUT2D eigenvalue weighted by Crippen LogP contribution is 2.27. The summed E-state index contributed by atoms with van der Waals surface area (Å²) < 4.78 is 26.5. The molecular weight excluding hydrogens is 510 g/mol. The lowest BCUT2D eigenvalue weighted by Crippen LogP contribution is -2.50. The normalized spacial score (nSPS) is 13.1.